The monoisotopic (exact) mass is 362 g/mol. The number of aromatic amines is 1. The van der Waals surface area contributed by atoms with Crippen LogP contribution in [0.3, 0.4) is 0 Å². The highest BCUT2D eigenvalue weighted by molar-refractivity contribution is 6.07. The Balaban J connectivity index is 1.80. The number of carbonyl (C=O) groups excluding carboxylic acids is 1. The number of methoxy groups -OCH3 is 1. The minimum absolute atomic E-state index is 0.126. The lowest BCUT2D eigenvalue weighted by atomic mass is 10.1. The molecule has 4 rings (SSSR count). The molecule has 1 aromatic carbocycles. The van der Waals surface area contributed by atoms with E-state index in [1.54, 1.807) is 19.4 Å². The number of nitrogens with zero attached hydrogens (tertiary/aromatic N) is 2. The Morgan fingerprint density at radius 2 is 2.11 bits per heavy atom. The van der Waals surface area contributed by atoms with Gasteiger partial charge in [-0.2, -0.15) is 0 Å². The Bertz CT molecular complexity index is 1140. The van der Waals surface area contributed by atoms with Crippen LogP contribution < -0.4 is 5.32 Å². The number of hydrogen-bond donors (Lipinski definition) is 2. The SMILES string of the molecule is COCCNC(=O)c1ccnc2[nH]c(-c3cn(C)c4ccc(C)cc34)cc12. The van der Waals surface area contributed by atoms with Crippen LogP contribution in [-0.2, 0) is 11.8 Å². The predicted molar refractivity (Wildman–Crippen MR) is 107 cm³/mol. The van der Waals surface area contributed by atoms with Gasteiger partial charge < -0.3 is 19.6 Å². The molecule has 3 heterocycles. The van der Waals surface area contributed by atoms with Crippen LogP contribution in [0.15, 0.2) is 42.7 Å². The van der Waals surface area contributed by atoms with Crippen LogP contribution in [0, 0.1) is 6.92 Å². The number of nitrogens with one attached hydrogen (secondary N) is 2. The first-order valence-electron chi connectivity index (χ1n) is 8.89. The van der Waals surface area contributed by atoms with Crippen molar-refractivity contribution in [2.75, 3.05) is 20.3 Å². The van der Waals surface area contributed by atoms with Gasteiger partial charge in [0.25, 0.3) is 5.91 Å². The summed E-state index contributed by atoms with van der Waals surface area (Å²) in [6.07, 6.45) is 3.76. The highest BCUT2D eigenvalue weighted by atomic mass is 16.5. The molecule has 0 bridgehead atoms. The van der Waals surface area contributed by atoms with Crippen molar-refractivity contribution in [3.05, 3.63) is 53.9 Å². The number of carbonyl (C=O) groups is 1. The number of benzene rings is 1. The molecule has 0 aliphatic carbocycles. The molecular weight excluding hydrogens is 340 g/mol. The van der Waals surface area contributed by atoms with Crippen LogP contribution in [0.5, 0.6) is 0 Å². The molecule has 0 aliphatic rings. The molecule has 0 spiro atoms. The summed E-state index contributed by atoms with van der Waals surface area (Å²) in [5, 5.41) is 4.86. The zero-order valence-electron chi connectivity index (χ0n) is 15.7. The van der Waals surface area contributed by atoms with Crippen molar-refractivity contribution in [2.24, 2.45) is 7.05 Å². The molecule has 3 aromatic heterocycles. The van der Waals surface area contributed by atoms with E-state index in [1.807, 2.05) is 13.1 Å². The molecule has 0 unspecified atom stereocenters. The molecule has 0 radical (unpaired) electrons. The maximum atomic E-state index is 12.5. The maximum absolute atomic E-state index is 12.5. The largest absolute Gasteiger partial charge is 0.383 e. The van der Waals surface area contributed by atoms with Crippen molar-refractivity contribution in [1.82, 2.24) is 19.9 Å². The lowest BCUT2D eigenvalue weighted by Gasteiger charge is -2.04. The maximum Gasteiger partial charge on any atom is 0.252 e. The molecule has 2 N–H and O–H groups in total. The van der Waals surface area contributed by atoms with Gasteiger partial charge in [0.1, 0.15) is 5.65 Å². The number of H-pyrrole nitrogens is 1. The molecule has 0 aliphatic heterocycles. The number of amides is 1. The number of fused-ring (bicyclic) bond motifs is 2. The van der Waals surface area contributed by atoms with Crippen LogP contribution in [0.25, 0.3) is 33.2 Å². The normalized spacial score (nSPS) is 11.4. The van der Waals surface area contributed by atoms with E-state index in [0.29, 0.717) is 24.4 Å². The summed E-state index contributed by atoms with van der Waals surface area (Å²) in [4.78, 5) is 20.3. The number of aryl methyl sites for hydroxylation is 2. The van der Waals surface area contributed by atoms with Gasteiger partial charge in [-0.1, -0.05) is 11.6 Å². The first-order chi connectivity index (χ1) is 13.1. The fraction of sp³-hybridized carbons (Fsp3) is 0.238. The number of pyridine rings is 1. The molecule has 0 atom stereocenters. The van der Waals surface area contributed by atoms with Crippen LogP contribution >= 0.6 is 0 Å². The number of aromatic nitrogens is 3. The van der Waals surface area contributed by atoms with Gasteiger partial charge in [0.2, 0.25) is 0 Å². The van der Waals surface area contributed by atoms with Gasteiger partial charge >= 0.3 is 0 Å². The predicted octanol–water partition coefficient (Wildman–Crippen LogP) is 3.41. The molecule has 0 fully saturated rings. The van der Waals surface area contributed by atoms with Crippen LogP contribution in [-0.4, -0.2) is 40.7 Å². The molecule has 0 saturated carbocycles. The van der Waals surface area contributed by atoms with Crippen molar-refractivity contribution >= 4 is 27.8 Å². The summed E-state index contributed by atoms with van der Waals surface area (Å²) >= 11 is 0. The minimum atomic E-state index is -0.126. The summed E-state index contributed by atoms with van der Waals surface area (Å²) < 4.78 is 7.11. The molecule has 138 valence electrons. The third kappa shape index (κ3) is 3.08. The zero-order valence-corrected chi connectivity index (χ0v) is 15.7. The standard InChI is InChI=1S/C21H22N4O2/c1-13-4-5-19-15(10-13)17(12-25(19)2)18-11-16-14(6-7-22-20(16)24-18)21(26)23-8-9-27-3/h4-7,10-12H,8-9H2,1-3H3,(H,22,24)(H,23,26). The van der Waals surface area contributed by atoms with E-state index >= 15 is 0 Å². The van der Waals surface area contributed by atoms with Crippen molar-refractivity contribution in [3.8, 4) is 11.3 Å². The van der Waals surface area contributed by atoms with Gasteiger partial charge in [0.05, 0.1) is 12.2 Å². The fourth-order valence-corrected chi connectivity index (χ4v) is 3.45. The first-order valence-corrected chi connectivity index (χ1v) is 8.89. The van der Waals surface area contributed by atoms with E-state index in [9.17, 15) is 4.79 Å². The summed E-state index contributed by atoms with van der Waals surface area (Å²) in [5.41, 5.74) is 5.73. The molecule has 27 heavy (non-hydrogen) atoms. The van der Waals surface area contributed by atoms with E-state index in [0.717, 1.165) is 16.6 Å². The number of rotatable bonds is 5. The van der Waals surface area contributed by atoms with E-state index < -0.39 is 0 Å². The van der Waals surface area contributed by atoms with Crippen molar-refractivity contribution in [1.29, 1.82) is 0 Å². The molecule has 1 amide bonds. The van der Waals surface area contributed by atoms with Gasteiger partial charge in [-0.05, 0) is 31.2 Å². The molecule has 4 aromatic rings. The van der Waals surface area contributed by atoms with Crippen LogP contribution in [0.4, 0.5) is 0 Å². The first kappa shape index (κ1) is 17.3. The van der Waals surface area contributed by atoms with Crippen molar-refractivity contribution in [2.45, 2.75) is 6.92 Å². The Morgan fingerprint density at radius 3 is 2.93 bits per heavy atom. The molecular formula is C21H22N4O2. The van der Waals surface area contributed by atoms with E-state index in [-0.39, 0.29) is 5.91 Å². The summed E-state index contributed by atoms with van der Waals surface area (Å²) in [6.45, 7) is 3.04. The van der Waals surface area contributed by atoms with E-state index in [2.05, 4.69) is 51.2 Å². The highest BCUT2D eigenvalue weighted by Gasteiger charge is 2.16. The van der Waals surface area contributed by atoms with E-state index in [4.69, 9.17) is 4.74 Å². The summed E-state index contributed by atoms with van der Waals surface area (Å²) in [5.74, 6) is -0.126. The average molecular weight is 362 g/mol. The Kier molecular flexibility index (Phi) is 4.41. The highest BCUT2D eigenvalue weighted by Crippen LogP contribution is 2.32. The third-order valence-electron chi connectivity index (χ3n) is 4.80. The van der Waals surface area contributed by atoms with Crippen LogP contribution in [0.2, 0.25) is 0 Å². The van der Waals surface area contributed by atoms with Gasteiger partial charge in [-0.15, -0.1) is 0 Å². The molecule has 6 nitrogen and oxygen atoms in total. The Labute approximate surface area is 157 Å². The van der Waals surface area contributed by atoms with Gasteiger partial charge in [-0.3, -0.25) is 4.79 Å². The summed E-state index contributed by atoms with van der Waals surface area (Å²) in [7, 11) is 3.65. The number of hydrogen-bond acceptors (Lipinski definition) is 3. The second-order valence-corrected chi connectivity index (χ2v) is 6.73. The summed E-state index contributed by atoms with van der Waals surface area (Å²) in [6, 6.07) is 10.2. The van der Waals surface area contributed by atoms with E-state index in [1.165, 1.54) is 16.5 Å². The van der Waals surface area contributed by atoms with Crippen LogP contribution in [0.1, 0.15) is 15.9 Å². The van der Waals surface area contributed by atoms with Gasteiger partial charge in [-0.25, -0.2) is 4.98 Å². The number of ether oxygens (including phenoxy) is 1. The molecule has 0 saturated heterocycles. The topological polar surface area (TPSA) is 71.9 Å². The second kappa shape index (κ2) is 6.89. The van der Waals surface area contributed by atoms with Gasteiger partial charge in [0, 0.05) is 60.6 Å². The van der Waals surface area contributed by atoms with Gasteiger partial charge in [0.15, 0.2) is 0 Å². The lowest BCUT2D eigenvalue weighted by Crippen LogP contribution is -2.27. The Hall–Kier alpha value is -3.12. The molecule has 6 heteroatoms. The zero-order chi connectivity index (χ0) is 19.0. The van der Waals surface area contributed by atoms with Crippen molar-refractivity contribution < 1.29 is 9.53 Å². The third-order valence-corrected chi connectivity index (χ3v) is 4.80. The fourth-order valence-electron chi connectivity index (χ4n) is 3.45. The van der Waals surface area contributed by atoms with Crippen molar-refractivity contribution in [3.63, 3.8) is 0 Å². The average Bonchev–Trinajstić information content (AvgIpc) is 3.22. The minimum Gasteiger partial charge on any atom is -0.383 e. The smallest absolute Gasteiger partial charge is 0.252 e. The second-order valence-electron chi connectivity index (χ2n) is 6.73. The quantitative estimate of drug-likeness (QED) is 0.535. The Morgan fingerprint density at radius 1 is 1.26 bits per heavy atom. The lowest BCUT2D eigenvalue weighted by molar-refractivity contribution is 0.0938.